The maximum absolute atomic E-state index is 9.59. The second-order valence-electron chi connectivity index (χ2n) is 3.51. The van der Waals surface area contributed by atoms with Crippen molar-refractivity contribution in [1.82, 2.24) is 10.3 Å². The van der Waals surface area contributed by atoms with Crippen LogP contribution in [0, 0.1) is 0 Å². The normalized spacial score (nSPS) is 12.4. The molecule has 0 saturated carbocycles. The lowest BCUT2D eigenvalue weighted by molar-refractivity contribution is 0.106. The molecular weight excluding hydrogens is 272 g/mol. The molecule has 0 bridgehead atoms. The van der Waals surface area contributed by atoms with E-state index in [4.69, 9.17) is 4.74 Å². The molecule has 0 amide bonds. The summed E-state index contributed by atoms with van der Waals surface area (Å²) in [5.74, 6) is 0.656. The van der Waals surface area contributed by atoms with E-state index >= 15 is 0 Å². The lowest BCUT2D eigenvalue weighted by Gasteiger charge is -2.12. The first-order chi connectivity index (χ1) is 7.72. The van der Waals surface area contributed by atoms with Crippen molar-refractivity contribution in [1.29, 1.82) is 0 Å². The summed E-state index contributed by atoms with van der Waals surface area (Å²) in [7, 11) is 0. The van der Waals surface area contributed by atoms with E-state index in [1.165, 1.54) is 0 Å². The zero-order valence-corrected chi connectivity index (χ0v) is 10.9. The molecule has 5 heteroatoms. The maximum Gasteiger partial charge on any atom is 0.138 e. The Hall–Kier alpha value is -0.650. The number of aliphatic hydroxyl groups is 1. The average Bonchev–Trinajstić information content (AvgIpc) is 2.27. The average molecular weight is 289 g/mol. The number of nitrogens with one attached hydrogen (secondary N) is 1. The van der Waals surface area contributed by atoms with Gasteiger partial charge < -0.3 is 15.2 Å². The van der Waals surface area contributed by atoms with Crippen LogP contribution in [0.3, 0.4) is 0 Å². The second kappa shape index (κ2) is 7.60. The van der Waals surface area contributed by atoms with E-state index in [0.717, 1.165) is 17.4 Å². The highest BCUT2D eigenvalue weighted by atomic mass is 79.9. The number of rotatable bonds is 7. The van der Waals surface area contributed by atoms with E-state index < -0.39 is 6.10 Å². The Kier molecular flexibility index (Phi) is 6.37. The molecule has 0 fully saturated rings. The second-order valence-corrected chi connectivity index (χ2v) is 4.42. The lowest BCUT2D eigenvalue weighted by Crippen LogP contribution is -2.31. The van der Waals surface area contributed by atoms with Crippen molar-refractivity contribution in [3.05, 3.63) is 22.9 Å². The minimum absolute atomic E-state index is 0.273. The van der Waals surface area contributed by atoms with Crippen molar-refractivity contribution in [2.24, 2.45) is 0 Å². The lowest BCUT2D eigenvalue weighted by atomic mass is 10.3. The quantitative estimate of drug-likeness (QED) is 0.748. The van der Waals surface area contributed by atoms with Gasteiger partial charge in [0, 0.05) is 17.2 Å². The summed E-state index contributed by atoms with van der Waals surface area (Å²) in [5, 5.41) is 12.7. The van der Waals surface area contributed by atoms with Gasteiger partial charge in [-0.05, 0) is 35.0 Å². The molecule has 0 spiro atoms. The monoisotopic (exact) mass is 288 g/mol. The van der Waals surface area contributed by atoms with Crippen LogP contribution in [0.15, 0.2) is 22.9 Å². The third-order valence-corrected chi connectivity index (χ3v) is 2.36. The molecule has 90 valence electrons. The van der Waals surface area contributed by atoms with Crippen molar-refractivity contribution in [2.75, 3.05) is 19.7 Å². The Labute approximate surface area is 104 Å². The Balaban J connectivity index is 2.23. The molecule has 1 rings (SSSR count). The van der Waals surface area contributed by atoms with Crippen molar-refractivity contribution in [3.63, 3.8) is 0 Å². The molecule has 0 saturated heterocycles. The smallest absolute Gasteiger partial charge is 0.138 e. The van der Waals surface area contributed by atoms with Crippen molar-refractivity contribution in [2.45, 2.75) is 19.4 Å². The van der Waals surface area contributed by atoms with Gasteiger partial charge >= 0.3 is 0 Å². The number of hydrogen-bond acceptors (Lipinski definition) is 4. The third-order valence-electron chi connectivity index (χ3n) is 1.93. The van der Waals surface area contributed by atoms with Gasteiger partial charge in [-0.15, -0.1) is 0 Å². The maximum atomic E-state index is 9.59. The minimum atomic E-state index is -0.495. The number of halogens is 1. The molecule has 1 aromatic rings. The van der Waals surface area contributed by atoms with Gasteiger partial charge in [0.25, 0.3) is 0 Å². The van der Waals surface area contributed by atoms with Gasteiger partial charge in [0.2, 0.25) is 0 Å². The molecule has 1 heterocycles. The molecule has 4 nitrogen and oxygen atoms in total. The van der Waals surface area contributed by atoms with E-state index in [0.29, 0.717) is 12.3 Å². The van der Waals surface area contributed by atoms with Crippen molar-refractivity contribution >= 4 is 15.9 Å². The molecule has 1 aromatic heterocycles. The fourth-order valence-electron chi connectivity index (χ4n) is 1.17. The van der Waals surface area contributed by atoms with Gasteiger partial charge in [-0.1, -0.05) is 6.92 Å². The highest BCUT2D eigenvalue weighted by Crippen LogP contribution is 2.15. The van der Waals surface area contributed by atoms with Gasteiger partial charge in [0.1, 0.15) is 18.5 Å². The van der Waals surface area contributed by atoms with Crippen LogP contribution in [0.4, 0.5) is 0 Å². The number of aromatic nitrogens is 1. The summed E-state index contributed by atoms with van der Waals surface area (Å²) in [5.41, 5.74) is 0. The zero-order valence-electron chi connectivity index (χ0n) is 9.32. The fraction of sp³-hybridized carbons (Fsp3) is 0.545. The highest BCUT2D eigenvalue weighted by molar-refractivity contribution is 9.10. The van der Waals surface area contributed by atoms with E-state index in [1.54, 1.807) is 12.4 Å². The molecule has 2 N–H and O–H groups in total. The molecule has 0 aromatic carbocycles. The minimum Gasteiger partial charge on any atom is -0.489 e. The van der Waals surface area contributed by atoms with Crippen LogP contribution in [0.5, 0.6) is 5.75 Å². The first kappa shape index (κ1) is 13.4. The third kappa shape index (κ3) is 5.44. The van der Waals surface area contributed by atoms with Crippen LogP contribution in [0.1, 0.15) is 13.3 Å². The molecule has 16 heavy (non-hydrogen) atoms. The van der Waals surface area contributed by atoms with Crippen LogP contribution in [-0.2, 0) is 0 Å². The van der Waals surface area contributed by atoms with Gasteiger partial charge in [0.05, 0.1) is 6.20 Å². The Bertz CT molecular complexity index is 310. The van der Waals surface area contributed by atoms with E-state index in [1.807, 2.05) is 6.07 Å². The Morgan fingerprint density at radius 1 is 1.56 bits per heavy atom. The van der Waals surface area contributed by atoms with Crippen LogP contribution in [0.25, 0.3) is 0 Å². The fourth-order valence-corrected chi connectivity index (χ4v) is 1.51. The van der Waals surface area contributed by atoms with Gasteiger partial charge in [-0.25, -0.2) is 0 Å². The standard InChI is InChI=1S/C11H17BrN2O2/c1-2-3-13-6-10(15)8-16-11-4-9(12)5-14-7-11/h4-5,7,10,13,15H,2-3,6,8H2,1H3. The van der Waals surface area contributed by atoms with E-state index in [-0.39, 0.29) is 6.61 Å². The Morgan fingerprint density at radius 2 is 2.38 bits per heavy atom. The number of aliphatic hydroxyl groups excluding tert-OH is 1. The summed E-state index contributed by atoms with van der Waals surface area (Å²) < 4.78 is 6.26. The highest BCUT2D eigenvalue weighted by Gasteiger charge is 2.04. The summed E-state index contributed by atoms with van der Waals surface area (Å²) in [6, 6.07) is 1.82. The molecule has 0 aliphatic rings. The number of nitrogens with zero attached hydrogens (tertiary/aromatic N) is 1. The zero-order chi connectivity index (χ0) is 11.8. The summed E-state index contributed by atoms with van der Waals surface area (Å²) >= 11 is 3.30. The summed E-state index contributed by atoms with van der Waals surface area (Å²) in [6.07, 6.45) is 3.87. The van der Waals surface area contributed by atoms with Crippen molar-refractivity contribution < 1.29 is 9.84 Å². The van der Waals surface area contributed by atoms with Gasteiger partial charge in [0.15, 0.2) is 0 Å². The predicted octanol–water partition coefficient (Wildman–Crippen LogP) is 1.58. The number of hydrogen-bond donors (Lipinski definition) is 2. The SMILES string of the molecule is CCCNCC(O)COc1cncc(Br)c1. The largest absolute Gasteiger partial charge is 0.489 e. The summed E-state index contributed by atoms with van der Waals surface area (Å²) in [6.45, 7) is 3.82. The molecule has 0 aliphatic carbocycles. The van der Waals surface area contributed by atoms with E-state index in [2.05, 4.69) is 33.2 Å². The molecular formula is C11H17BrN2O2. The van der Waals surface area contributed by atoms with Crippen molar-refractivity contribution in [3.8, 4) is 5.75 Å². The predicted molar refractivity (Wildman–Crippen MR) is 66.6 cm³/mol. The van der Waals surface area contributed by atoms with E-state index in [9.17, 15) is 5.11 Å². The van der Waals surface area contributed by atoms with Gasteiger partial charge in [-0.2, -0.15) is 0 Å². The molecule has 1 unspecified atom stereocenters. The van der Waals surface area contributed by atoms with Crippen LogP contribution in [0.2, 0.25) is 0 Å². The first-order valence-electron chi connectivity index (χ1n) is 5.34. The van der Waals surface area contributed by atoms with Gasteiger partial charge in [-0.3, -0.25) is 4.98 Å². The Morgan fingerprint density at radius 3 is 3.06 bits per heavy atom. The molecule has 1 atom stereocenters. The van der Waals surface area contributed by atoms with Crippen LogP contribution in [-0.4, -0.2) is 35.9 Å². The molecule has 0 radical (unpaired) electrons. The first-order valence-corrected chi connectivity index (χ1v) is 6.13. The topological polar surface area (TPSA) is 54.4 Å². The van der Waals surface area contributed by atoms with Crippen LogP contribution < -0.4 is 10.1 Å². The molecule has 0 aliphatic heterocycles. The van der Waals surface area contributed by atoms with Crippen LogP contribution >= 0.6 is 15.9 Å². The number of ether oxygens (including phenoxy) is 1. The summed E-state index contributed by atoms with van der Waals surface area (Å²) in [4.78, 5) is 3.97. The number of pyridine rings is 1.